The molecule has 0 aliphatic heterocycles. The Kier molecular flexibility index (Phi) is 10.1. The summed E-state index contributed by atoms with van der Waals surface area (Å²) in [5.74, 6) is 5.05. The Morgan fingerprint density at radius 1 is 0.567 bits per heavy atom. The van der Waals surface area contributed by atoms with Crippen LogP contribution in [0.15, 0.2) is 166 Å². The first kappa shape index (κ1) is 38.2. The van der Waals surface area contributed by atoms with E-state index in [1.54, 1.807) is 103 Å². The Balaban J connectivity index is 1.03. The molecular formula is C47H30Cl2N6O5. The second-order valence-electron chi connectivity index (χ2n) is 13.9. The van der Waals surface area contributed by atoms with Gasteiger partial charge >= 0.3 is 0 Å². The predicted molar refractivity (Wildman–Crippen MR) is 233 cm³/mol. The van der Waals surface area contributed by atoms with E-state index in [1.807, 2.05) is 42.5 Å². The van der Waals surface area contributed by atoms with E-state index in [1.165, 1.54) is 4.90 Å². The number of nitrogens with zero attached hydrogens (tertiary/aromatic N) is 5. The van der Waals surface area contributed by atoms with Gasteiger partial charge in [0.15, 0.2) is 11.5 Å². The van der Waals surface area contributed by atoms with Gasteiger partial charge in [0.1, 0.15) is 23.2 Å². The molecule has 0 fully saturated rings. The third-order valence-corrected chi connectivity index (χ3v) is 11.1. The van der Waals surface area contributed by atoms with Gasteiger partial charge in [0.2, 0.25) is 6.41 Å². The number of fused-ring (bicyclic) bond motifs is 5. The van der Waals surface area contributed by atoms with Crippen molar-refractivity contribution in [3.63, 3.8) is 0 Å². The first-order valence-electron chi connectivity index (χ1n) is 18.5. The maximum Gasteiger partial charge on any atom is 0.218 e. The number of halogens is 2. The number of anilines is 2. The Hall–Kier alpha value is -7.28. The third kappa shape index (κ3) is 6.71. The molecule has 8 aromatic rings. The van der Waals surface area contributed by atoms with Crippen LogP contribution in [0.25, 0.3) is 32.7 Å². The number of carbonyl (C=O) groups excluding carboxylic acids is 2. The van der Waals surface area contributed by atoms with Crippen LogP contribution in [0, 0.1) is 0 Å². The number of rotatable bonds is 10. The van der Waals surface area contributed by atoms with E-state index in [4.69, 9.17) is 33.9 Å². The third-order valence-electron chi connectivity index (χ3n) is 10.4. The number of phenolic OH excluding ortho intramolecular Hbond substituents is 2. The minimum Gasteiger partial charge on any atom is -0.505 e. The number of amides is 1. The number of aromatic hydroxyl groups is 2. The van der Waals surface area contributed by atoms with Crippen LogP contribution in [-0.4, -0.2) is 22.4 Å². The van der Waals surface area contributed by atoms with Gasteiger partial charge in [0.05, 0.1) is 27.8 Å². The molecule has 0 radical (unpaired) electrons. The van der Waals surface area contributed by atoms with Gasteiger partial charge in [0, 0.05) is 38.0 Å². The van der Waals surface area contributed by atoms with Crippen LogP contribution in [0.2, 0.25) is 10.0 Å². The van der Waals surface area contributed by atoms with Gasteiger partial charge in [-0.3, -0.25) is 19.3 Å². The zero-order valence-electron chi connectivity index (χ0n) is 31.2. The minimum atomic E-state index is -0.903. The summed E-state index contributed by atoms with van der Waals surface area (Å²) in [6, 6.07) is 42.3. The number of hydrogen-bond donors (Lipinski definition) is 3. The smallest absolute Gasteiger partial charge is 0.218 e. The molecule has 1 aliphatic rings. The van der Waals surface area contributed by atoms with E-state index < -0.39 is 6.10 Å². The number of nitrogens with two attached hydrogens (primary N) is 1. The predicted octanol–water partition coefficient (Wildman–Crippen LogP) is 13.0. The SMILES string of the molecule is NOC(c1ccccc1Cl)c1cc2ccccc2c(N=Nc2ccc3c(c2)C(=O)c2cc(N=Nc4c(O)c(N(C=O)c5ccccc5Cl)cc5ccccc45)ccc2-3)c1O. The summed E-state index contributed by atoms with van der Waals surface area (Å²) in [7, 11) is 0. The van der Waals surface area contributed by atoms with E-state index in [9.17, 15) is 19.8 Å². The van der Waals surface area contributed by atoms with Crippen molar-refractivity contribution < 1.29 is 24.6 Å². The van der Waals surface area contributed by atoms with Gasteiger partial charge in [-0.15, -0.1) is 10.2 Å². The van der Waals surface area contributed by atoms with Crippen LogP contribution in [0.5, 0.6) is 11.5 Å². The highest BCUT2D eigenvalue weighted by atomic mass is 35.5. The number of azo groups is 2. The number of para-hydroxylation sites is 1. The summed E-state index contributed by atoms with van der Waals surface area (Å²) in [5.41, 5.74) is 4.76. The van der Waals surface area contributed by atoms with E-state index in [-0.39, 0.29) is 34.3 Å². The molecule has 8 aromatic carbocycles. The molecule has 0 heterocycles. The first-order valence-corrected chi connectivity index (χ1v) is 19.3. The topological polar surface area (TPSA) is 163 Å². The van der Waals surface area contributed by atoms with Crippen molar-refractivity contribution >= 4 is 91.1 Å². The molecule has 292 valence electrons. The average molecular weight is 830 g/mol. The fraction of sp³-hybridized carbons (Fsp3) is 0.0213. The molecular weight excluding hydrogens is 799 g/mol. The van der Waals surface area contributed by atoms with Crippen LogP contribution in [0.3, 0.4) is 0 Å². The van der Waals surface area contributed by atoms with Gasteiger partial charge in [-0.2, -0.15) is 10.2 Å². The second kappa shape index (κ2) is 15.8. The Bertz CT molecular complexity index is 3120. The van der Waals surface area contributed by atoms with Crippen molar-refractivity contribution in [1.29, 1.82) is 0 Å². The molecule has 1 atom stereocenters. The number of phenols is 2. The van der Waals surface area contributed by atoms with Crippen molar-refractivity contribution in [2.75, 3.05) is 4.90 Å². The maximum absolute atomic E-state index is 13.9. The molecule has 11 nitrogen and oxygen atoms in total. The van der Waals surface area contributed by atoms with Crippen molar-refractivity contribution in [3.8, 4) is 22.6 Å². The number of hydrogen-bond acceptors (Lipinski definition) is 10. The molecule has 4 N–H and O–H groups in total. The first-order chi connectivity index (χ1) is 29.2. The van der Waals surface area contributed by atoms with Crippen LogP contribution >= 0.6 is 23.2 Å². The lowest BCUT2D eigenvalue weighted by Gasteiger charge is -2.21. The molecule has 1 aliphatic carbocycles. The lowest BCUT2D eigenvalue weighted by molar-refractivity contribution is -0.106. The van der Waals surface area contributed by atoms with Gasteiger partial charge in [-0.25, -0.2) is 5.90 Å². The molecule has 13 heteroatoms. The fourth-order valence-electron chi connectivity index (χ4n) is 7.51. The lowest BCUT2D eigenvalue weighted by Crippen LogP contribution is -2.14. The molecule has 9 rings (SSSR count). The molecule has 0 bridgehead atoms. The normalized spacial score (nSPS) is 12.7. The summed E-state index contributed by atoms with van der Waals surface area (Å²) in [6.45, 7) is 0. The molecule has 1 unspecified atom stereocenters. The fourth-order valence-corrected chi connectivity index (χ4v) is 7.98. The number of benzene rings is 8. The Morgan fingerprint density at radius 3 is 1.68 bits per heavy atom. The van der Waals surface area contributed by atoms with Crippen molar-refractivity contribution in [2.45, 2.75) is 6.10 Å². The Labute approximate surface area is 352 Å². The van der Waals surface area contributed by atoms with Gasteiger partial charge < -0.3 is 10.2 Å². The standard InChI is InChI=1S/C47H30Cl2N6O5/c48-38-14-6-5-13-34(38)47(60-50)37-21-26-9-1-3-11-30(26)42(45(37)58)53-51-28-17-19-32-33-20-18-29(24-36(33)44(57)35(32)23-28)52-54-43-31-12-4-2-10-27(31)22-41(46(43)59)55(25-56)40-16-8-7-15-39(40)49/h1-25,47,58-59H,50H2. The molecule has 0 saturated heterocycles. The summed E-state index contributed by atoms with van der Waals surface area (Å²) in [6.07, 6.45) is -0.331. The molecule has 1 amide bonds. The zero-order valence-corrected chi connectivity index (χ0v) is 32.7. The van der Waals surface area contributed by atoms with Crippen LogP contribution in [0.4, 0.5) is 34.1 Å². The molecule has 60 heavy (non-hydrogen) atoms. The maximum atomic E-state index is 13.9. The van der Waals surface area contributed by atoms with Gasteiger partial charge in [-0.05, 0) is 76.5 Å². The van der Waals surface area contributed by atoms with Crippen molar-refractivity contribution in [1.82, 2.24) is 0 Å². The summed E-state index contributed by atoms with van der Waals surface area (Å²) >= 11 is 12.9. The largest absolute Gasteiger partial charge is 0.505 e. The van der Waals surface area contributed by atoms with E-state index in [0.717, 1.165) is 5.39 Å². The van der Waals surface area contributed by atoms with Crippen LogP contribution in [-0.2, 0) is 9.63 Å². The summed E-state index contributed by atoms with van der Waals surface area (Å²) in [4.78, 5) is 32.9. The zero-order chi connectivity index (χ0) is 41.5. The van der Waals surface area contributed by atoms with Crippen molar-refractivity contribution in [2.24, 2.45) is 26.4 Å². The molecule has 0 spiro atoms. The van der Waals surface area contributed by atoms with Gasteiger partial charge in [0.25, 0.3) is 0 Å². The summed E-state index contributed by atoms with van der Waals surface area (Å²) < 4.78 is 0. The highest BCUT2D eigenvalue weighted by Crippen LogP contribution is 2.48. The second-order valence-corrected chi connectivity index (χ2v) is 14.7. The Morgan fingerprint density at radius 2 is 1.10 bits per heavy atom. The summed E-state index contributed by atoms with van der Waals surface area (Å²) in [5, 5.41) is 44.5. The highest BCUT2D eigenvalue weighted by Gasteiger charge is 2.28. The number of ketones is 1. The quantitative estimate of drug-likeness (QED) is 0.0706. The van der Waals surface area contributed by atoms with Crippen molar-refractivity contribution in [3.05, 3.63) is 178 Å². The van der Waals surface area contributed by atoms with Crippen LogP contribution in [0.1, 0.15) is 33.2 Å². The van der Waals surface area contributed by atoms with Gasteiger partial charge in [-0.1, -0.05) is 114 Å². The number of carbonyl (C=O) groups is 2. The van der Waals surface area contributed by atoms with E-state index >= 15 is 0 Å². The minimum absolute atomic E-state index is 0.131. The molecule has 0 aromatic heterocycles. The average Bonchev–Trinajstić information content (AvgIpc) is 3.54. The monoisotopic (exact) mass is 828 g/mol. The van der Waals surface area contributed by atoms with E-state index in [2.05, 4.69) is 20.5 Å². The highest BCUT2D eigenvalue weighted by molar-refractivity contribution is 6.34. The lowest BCUT2D eigenvalue weighted by atomic mass is 9.96. The molecule has 0 saturated carbocycles. The van der Waals surface area contributed by atoms with Crippen LogP contribution < -0.4 is 10.8 Å². The van der Waals surface area contributed by atoms with E-state index in [0.29, 0.717) is 83.1 Å².